The number of aromatic nitrogens is 1. The van der Waals surface area contributed by atoms with E-state index in [-0.39, 0.29) is 35.8 Å². The van der Waals surface area contributed by atoms with Gasteiger partial charge in [-0.25, -0.2) is 22.2 Å². The highest BCUT2D eigenvalue weighted by Gasteiger charge is 2.37. The van der Waals surface area contributed by atoms with E-state index in [1.165, 1.54) is 39.9 Å². The van der Waals surface area contributed by atoms with E-state index in [2.05, 4.69) is 4.98 Å². The molecule has 3 heterocycles. The summed E-state index contributed by atoms with van der Waals surface area (Å²) < 4.78 is 61.0. The number of benzene rings is 2. The number of fused-ring (bicyclic) bond motifs is 1. The first kappa shape index (κ1) is 24.2. The second-order valence-electron chi connectivity index (χ2n) is 8.85. The first-order chi connectivity index (χ1) is 16.8. The van der Waals surface area contributed by atoms with E-state index >= 15 is 0 Å². The second-order valence-corrected chi connectivity index (χ2v) is 11.8. The molecule has 3 aromatic rings. The standard InChI is InChI=1S/C24H25F2N3O4S2/c25-17-5-8-20(9-6-17)35(31,32)28-11-1-3-16(14-28)23(30)29(15-19-4-2-12-33-19)24-27-21-10-7-18(26)13-22(21)34-24/h5-10,13,16,19H,1-4,11-12,14-15H2. The molecule has 0 spiro atoms. The number of amides is 1. The lowest BCUT2D eigenvalue weighted by molar-refractivity contribution is -0.123. The monoisotopic (exact) mass is 521 g/mol. The fraction of sp³-hybridized carbons (Fsp3) is 0.417. The van der Waals surface area contributed by atoms with Crippen LogP contribution >= 0.6 is 11.3 Å². The number of hydrogen-bond acceptors (Lipinski definition) is 6. The molecule has 7 nitrogen and oxygen atoms in total. The summed E-state index contributed by atoms with van der Waals surface area (Å²) >= 11 is 1.23. The van der Waals surface area contributed by atoms with Gasteiger partial charge < -0.3 is 4.74 Å². The molecule has 5 rings (SSSR count). The molecule has 11 heteroatoms. The summed E-state index contributed by atoms with van der Waals surface area (Å²) in [6.45, 7) is 1.25. The van der Waals surface area contributed by atoms with E-state index < -0.39 is 21.8 Å². The van der Waals surface area contributed by atoms with Gasteiger partial charge in [-0.2, -0.15) is 4.31 Å². The van der Waals surface area contributed by atoms with Crippen molar-refractivity contribution < 1.29 is 26.7 Å². The first-order valence-corrected chi connectivity index (χ1v) is 13.8. The highest BCUT2D eigenvalue weighted by molar-refractivity contribution is 7.89. The molecule has 0 bridgehead atoms. The Morgan fingerprint density at radius 1 is 1.11 bits per heavy atom. The van der Waals surface area contributed by atoms with Crippen LogP contribution in [0.15, 0.2) is 47.4 Å². The summed E-state index contributed by atoms with van der Waals surface area (Å²) in [7, 11) is -3.87. The number of thiazole rings is 1. The SMILES string of the molecule is O=C(C1CCCN(S(=O)(=O)c2ccc(F)cc2)C1)N(CC1CCCO1)c1nc2ccc(F)cc2s1. The molecule has 0 N–H and O–H groups in total. The van der Waals surface area contributed by atoms with Gasteiger partial charge in [0.1, 0.15) is 11.6 Å². The van der Waals surface area contributed by atoms with Gasteiger partial charge in [0, 0.05) is 19.7 Å². The van der Waals surface area contributed by atoms with Crippen molar-refractivity contribution >= 4 is 42.6 Å². The Bertz CT molecular complexity index is 1320. The Balaban J connectivity index is 1.41. The van der Waals surface area contributed by atoms with Crippen LogP contribution in [0.2, 0.25) is 0 Å². The fourth-order valence-corrected chi connectivity index (χ4v) is 7.12. The Morgan fingerprint density at radius 2 is 1.89 bits per heavy atom. The number of rotatable bonds is 6. The number of anilines is 1. The minimum absolute atomic E-state index is 0.00332. The predicted octanol–water partition coefficient (Wildman–Crippen LogP) is 4.19. The topological polar surface area (TPSA) is 79.8 Å². The number of sulfonamides is 1. The molecule has 2 atom stereocenters. The van der Waals surface area contributed by atoms with Gasteiger partial charge in [0.05, 0.1) is 33.7 Å². The summed E-state index contributed by atoms with van der Waals surface area (Å²) in [4.78, 5) is 19.9. The minimum atomic E-state index is -3.87. The molecule has 0 aliphatic carbocycles. The maximum atomic E-state index is 13.8. The van der Waals surface area contributed by atoms with Crippen molar-refractivity contribution in [1.29, 1.82) is 0 Å². The molecule has 0 saturated carbocycles. The van der Waals surface area contributed by atoms with Crippen molar-refractivity contribution in [1.82, 2.24) is 9.29 Å². The van der Waals surface area contributed by atoms with E-state index in [9.17, 15) is 22.0 Å². The van der Waals surface area contributed by atoms with Crippen molar-refractivity contribution in [2.45, 2.75) is 36.7 Å². The molecule has 2 aliphatic rings. The molecule has 2 aliphatic heterocycles. The first-order valence-electron chi connectivity index (χ1n) is 11.6. The van der Waals surface area contributed by atoms with Crippen LogP contribution in [0.4, 0.5) is 13.9 Å². The van der Waals surface area contributed by atoms with Crippen LogP contribution < -0.4 is 4.90 Å². The molecule has 0 radical (unpaired) electrons. The highest BCUT2D eigenvalue weighted by atomic mass is 32.2. The van der Waals surface area contributed by atoms with Crippen molar-refractivity contribution in [3.8, 4) is 0 Å². The lowest BCUT2D eigenvalue weighted by atomic mass is 9.98. The molecule has 2 aromatic carbocycles. The number of hydrogen-bond donors (Lipinski definition) is 0. The minimum Gasteiger partial charge on any atom is -0.376 e. The number of nitrogens with zero attached hydrogens (tertiary/aromatic N) is 3. The smallest absolute Gasteiger partial charge is 0.243 e. The van der Waals surface area contributed by atoms with E-state index in [1.807, 2.05) is 0 Å². The van der Waals surface area contributed by atoms with Crippen molar-refractivity contribution in [3.05, 3.63) is 54.1 Å². The lowest BCUT2D eigenvalue weighted by Gasteiger charge is -2.34. The molecule has 1 amide bonds. The third kappa shape index (κ3) is 5.09. The zero-order valence-electron chi connectivity index (χ0n) is 18.9. The number of ether oxygens (including phenoxy) is 1. The Labute approximate surface area is 206 Å². The Hall–Kier alpha value is -2.47. The van der Waals surface area contributed by atoms with Gasteiger partial charge in [0.25, 0.3) is 0 Å². The zero-order valence-corrected chi connectivity index (χ0v) is 20.5. The maximum absolute atomic E-state index is 13.8. The molecular formula is C24H25F2N3O4S2. The second kappa shape index (κ2) is 9.88. The van der Waals surface area contributed by atoms with Gasteiger partial charge >= 0.3 is 0 Å². The normalized spacial score (nSPS) is 21.4. The predicted molar refractivity (Wildman–Crippen MR) is 129 cm³/mol. The average molecular weight is 522 g/mol. The maximum Gasteiger partial charge on any atom is 0.243 e. The summed E-state index contributed by atoms with van der Waals surface area (Å²) in [5.74, 6) is -1.68. The quantitative estimate of drug-likeness (QED) is 0.486. The van der Waals surface area contributed by atoms with Crippen LogP contribution in [-0.2, 0) is 19.6 Å². The molecule has 2 fully saturated rings. The van der Waals surface area contributed by atoms with Gasteiger partial charge in [-0.3, -0.25) is 9.69 Å². The van der Waals surface area contributed by atoms with E-state index in [4.69, 9.17) is 4.74 Å². The molecule has 2 unspecified atom stereocenters. The van der Waals surface area contributed by atoms with Gasteiger partial charge in [0.15, 0.2) is 5.13 Å². The van der Waals surface area contributed by atoms with Gasteiger partial charge in [0.2, 0.25) is 15.9 Å². The number of halogens is 2. The van der Waals surface area contributed by atoms with Crippen LogP contribution in [0.1, 0.15) is 25.7 Å². The summed E-state index contributed by atoms with van der Waals surface area (Å²) in [5.41, 5.74) is 0.598. The summed E-state index contributed by atoms with van der Waals surface area (Å²) in [6, 6.07) is 8.99. The number of carbonyl (C=O) groups is 1. The van der Waals surface area contributed by atoms with Crippen molar-refractivity contribution in [2.75, 3.05) is 31.1 Å². The van der Waals surface area contributed by atoms with Crippen LogP contribution in [0.3, 0.4) is 0 Å². The fourth-order valence-electron chi connectivity index (χ4n) is 4.59. The van der Waals surface area contributed by atoms with Crippen LogP contribution in [0, 0.1) is 17.6 Å². The molecular weight excluding hydrogens is 496 g/mol. The molecule has 1 aromatic heterocycles. The average Bonchev–Trinajstić information content (AvgIpc) is 3.52. The third-order valence-electron chi connectivity index (χ3n) is 6.43. The number of carbonyl (C=O) groups excluding carboxylic acids is 1. The Kier molecular flexibility index (Phi) is 6.84. The number of piperidine rings is 1. The largest absolute Gasteiger partial charge is 0.376 e. The molecule has 35 heavy (non-hydrogen) atoms. The third-order valence-corrected chi connectivity index (χ3v) is 9.35. The van der Waals surface area contributed by atoms with E-state index in [1.54, 1.807) is 11.0 Å². The summed E-state index contributed by atoms with van der Waals surface area (Å²) in [6.07, 6.45) is 2.65. The van der Waals surface area contributed by atoms with E-state index in [0.29, 0.717) is 41.3 Å². The van der Waals surface area contributed by atoms with E-state index in [0.717, 1.165) is 25.0 Å². The van der Waals surface area contributed by atoms with Crippen LogP contribution in [0.25, 0.3) is 10.2 Å². The van der Waals surface area contributed by atoms with Crippen LogP contribution in [0.5, 0.6) is 0 Å². The van der Waals surface area contributed by atoms with Gasteiger partial charge in [-0.1, -0.05) is 11.3 Å². The van der Waals surface area contributed by atoms with Crippen molar-refractivity contribution in [2.24, 2.45) is 5.92 Å². The lowest BCUT2D eigenvalue weighted by Crippen LogP contribution is -2.48. The van der Waals surface area contributed by atoms with Crippen LogP contribution in [-0.4, -0.2) is 56.0 Å². The molecule has 2 saturated heterocycles. The zero-order chi connectivity index (χ0) is 24.6. The molecule has 186 valence electrons. The van der Waals surface area contributed by atoms with Crippen molar-refractivity contribution in [3.63, 3.8) is 0 Å². The summed E-state index contributed by atoms with van der Waals surface area (Å²) in [5, 5.41) is 0.449. The van der Waals surface area contributed by atoms with Gasteiger partial charge in [-0.15, -0.1) is 0 Å². The highest BCUT2D eigenvalue weighted by Crippen LogP contribution is 2.33. The van der Waals surface area contributed by atoms with Gasteiger partial charge in [-0.05, 0) is 68.1 Å². The Morgan fingerprint density at radius 3 is 2.63 bits per heavy atom.